The van der Waals surface area contributed by atoms with Gasteiger partial charge >= 0.3 is 5.97 Å². The number of nitrogens with zero attached hydrogens (tertiary/aromatic N) is 1. The van der Waals surface area contributed by atoms with Crippen LogP contribution in [0.2, 0.25) is 5.02 Å². The summed E-state index contributed by atoms with van der Waals surface area (Å²) in [4.78, 5) is 15.1. The van der Waals surface area contributed by atoms with Gasteiger partial charge in [-0.05, 0) is 28.1 Å². The van der Waals surface area contributed by atoms with Crippen molar-refractivity contribution in [2.45, 2.75) is 0 Å². The minimum Gasteiger partial charge on any atom is -0.494 e. The molecule has 0 aliphatic rings. The fraction of sp³-hybridized carbons (Fsp3) is 0.0909. The second kappa shape index (κ2) is 4.50. The van der Waals surface area contributed by atoms with Crippen LogP contribution in [0.3, 0.4) is 0 Å². The summed E-state index contributed by atoms with van der Waals surface area (Å²) in [5, 5.41) is 9.95. The van der Waals surface area contributed by atoms with Gasteiger partial charge in [0.2, 0.25) is 0 Å². The number of ether oxygens (including phenoxy) is 1. The number of rotatable bonds is 2. The van der Waals surface area contributed by atoms with E-state index in [1.54, 1.807) is 12.1 Å². The van der Waals surface area contributed by atoms with Gasteiger partial charge in [0.15, 0.2) is 0 Å². The van der Waals surface area contributed by atoms with E-state index < -0.39 is 5.97 Å². The average Bonchev–Trinajstić information content (AvgIpc) is 2.29. The number of methoxy groups -OCH3 is 1. The molecule has 0 aliphatic carbocycles. The van der Waals surface area contributed by atoms with Crippen molar-refractivity contribution in [3.8, 4) is 5.75 Å². The van der Waals surface area contributed by atoms with Gasteiger partial charge in [-0.15, -0.1) is 0 Å². The van der Waals surface area contributed by atoms with E-state index in [0.717, 1.165) is 0 Å². The molecule has 0 saturated carbocycles. The van der Waals surface area contributed by atoms with Gasteiger partial charge in [-0.25, -0.2) is 4.79 Å². The van der Waals surface area contributed by atoms with E-state index in [1.165, 1.54) is 13.3 Å². The second-order valence-corrected chi connectivity index (χ2v) is 4.46. The highest BCUT2D eigenvalue weighted by Crippen LogP contribution is 2.36. The molecule has 0 bridgehead atoms. The zero-order valence-electron chi connectivity index (χ0n) is 8.70. The van der Waals surface area contributed by atoms with Crippen LogP contribution in [0.15, 0.2) is 22.8 Å². The summed E-state index contributed by atoms with van der Waals surface area (Å²) >= 11 is 9.29. The van der Waals surface area contributed by atoms with Crippen molar-refractivity contribution in [3.05, 3.63) is 33.4 Å². The van der Waals surface area contributed by atoms with Crippen LogP contribution in [0.5, 0.6) is 5.75 Å². The highest BCUT2D eigenvalue weighted by atomic mass is 79.9. The van der Waals surface area contributed by atoms with Gasteiger partial charge in [-0.3, -0.25) is 4.98 Å². The smallest absolute Gasteiger partial charge is 0.338 e. The molecule has 0 atom stereocenters. The van der Waals surface area contributed by atoms with Crippen molar-refractivity contribution in [1.82, 2.24) is 4.98 Å². The molecular formula is C11H7BrClNO3. The number of carboxylic acids is 1. The minimum atomic E-state index is -1.06. The monoisotopic (exact) mass is 315 g/mol. The summed E-state index contributed by atoms with van der Waals surface area (Å²) < 4.78 is 5.55. The molecule has 1 heterocycles. The number of benzene rings is 1. The third-order valence-electron chi connectivity index (χ3n) is 2.32. The first-order valence-corrected chi connectivity index (χ1v) is 5.77. The number of fused-ring (bicyclic) bond motifs is 1. The van der Waals surface area contributed by atoms with Crippen molar-refractivity contribution in [3.63, 3.8) is 0 Å². The van der Waals surface area contributed by atoms with Crippen molar-refractivity contribution in [2.24, 2.45) is 0 Å². The van der Waals surface area contributed by atoms with Gasteiger partial charge in [0.25, 0.3) is 0 Å². The van der Waals surface area contributed by atoms with E-state index in [2.05, 4.69) is 20.9 Å². The Balaban J connectivity index is 2.90. The fourth-order valence-electron chi connectivity index (χ4n) is 1.52. The van der Waals surface area contributed by atoms with E-state index in [0.29, 0.717) is 26.1 Å². The molecule has 0 spiro atoms. The SMILES string of the molecule is COc1ccc(Cl)c2c(Br)c(C(=O)O)cnc12. The zero-order valence-corrected chi connectivity index (χ0v) is 11.0. The third-order valence-corrected chi connectivity index (χ3v) is 3.46. The highest BCUT2D eigenvalue weighted by Gasteiger charge is 2.16. The van der Waals surface area contributed by atoms with Crippen molar-refractivity contribution >= 4 is 44.4 Å². The van der Waals surface area contributed by atoms with Crippen LogP contribution in [0, 0.1) is 0 Å². The van der Waals surface area contributed by atoms with Gasteiger partial charge in [0, 0.05) is 16.1 Å². The van der Waals surface area contributed by atoms with Crippen LogP contribution >= 0.6 is 27.5 Å². The van der Waals surface area contributed by atoms with E-state index >= 15 is 0 Å². The van der Waals surface area contributed by atoms with E-state index in [1.807, 2.05) is 0 Å². The summed E-state index contributed by atoms with van der Waals surface area (Å²) in [5.41, 5.74) is 0.588. The van der Waals surface area contributed by atoms with Crippen LogP contribution < -0.4 is 4.74 Å². The third kappa shape index (κ3) is 1.96. The molecule has 0 aliphatic heterocycles. The van der Waals surface area contributed by atoms with Crippen molar-refractivity contribution in [1.29, 1.82) is 0 Å². The molecule has 1 N–H and O–H groups in total. The predicted molar refractivity (Wildman–Crippen MR) is 68.0 cm³/mol. The van der Waals surface area contributed by atoms with E-state index in [-0.39, 0.29) is 5.56 Å². The van der Waals surface area contributed by atoms with E-state index in [4.69, 9.17) is 21.4 Å². The topological polar surface area (TPSA) is 59.4 Å². The number of carbonyl (C=O) groups is 1. The molecule has 0 unspecified atom stereocenters. The lowest BCUT2D eigenvalue weighted by Gasteiger charge is -2.09. The maximum Gasteiger partial charge on any atom is 0.338 e. The Hall–Kier alpha value is -1.33. The van der Waals surface area contributed by atoms with Gasteiger partial charge in [0.1, 0.15) is 11.3 Å². The molecule has 2 rings (SSSR count). The summed E-state index contributed by atoms with van der Waals surface area (Å²) in [6.45, 7) is 0. The summed E-state index contributed by atoms with van der Waals surface area (Å²) in [6, 6.07) is 3.32. The largest absolute Gasteiger partial charge is 0.494 e. The molecule has 0 fully saturated rings. The molecule has 1 aromatic carbocycles. The Morgan fingerprint density at radius 1 is 1.53 bits per heavy atom. The number of pyridine rings is 1. The maximum absolute atomic E-state index is 11.0. The second-order valence-electron chi connectivity index (χ2n) is 3.26. The molecule has 0 amide bonds. The quantitative estimate of drug-likeness (QED) is 0.923. The number of carboxylic acid groups (broad SMARTS) is 1. The first kappa shape index (κ1) is 12.1. The van der Waals surface area contributed by atoms with Gasteiger partial charge in [-0.1, -0.05) is 11.6 Å². The summed E-state index contributed by atoms with van der Waals surface area (Å²) in [7, 11) is 1.52. The highest BCUT2D eigenvalue weighted by molar-refractivity contribution is 9.10. The van der Waals surface area contributed by atoms with Crippen LogP contribution in [0.1, 0.15) is 10.4 Å². The minimum absolute atomic E-state index is 0.0626. The predicted octanol–water partition coefficient (Wildman–Crippen LogP) is 3.36. The number of hydrogen-bond donors (Lipinski definition) is 1. The molecule has 0 radical (unpaired) electrons. The number of aromatic carboxylic acids is 1. The van der Waals surface area contributed by atoms with Gasteiger partial charge in [0.05, 0.1) is 17.7 Å². The average molecular weight is 317 g/mol. The Bertz CT molecular complexity index is 615. The normalized spacial score (nSPS) is 10.5. The Labute approximate surface area is 110 Å². The Morgan fingerprint density at radius 2 is 2.24 bits per heavy atom. The molecule has 2 aromatic rings. The molecule has 1 aromatic heterocycles. The van der Waals surface area contributed by atoms with Crippen molar-refractivity contribution < 1.29 is 14.6 Å². The fourth-order valence-corrected chi connectivity index (χ4v) is 2.55. The van der Waals surface area contributed by atoms with Gasteiger partial charge < -0.3 is 9.84 Å². The first-order valence-electron chi connectivity index (χ1n) is 4.60. The van der Waals surface area contributed by atoms with Gasteiger partial charge in [-0.2, -0.15) is 0 Å². The van der Waals surface area contributed by atoms with Crippen LogP contribution in [-0.4, -0.2) is 23.2 Å². The van der Waals surface area contributed by atoms with Crippen LogP contribution in [0.4, 0.5) is 0 Å². The number of aromatic nitrogens is 1. The van der Waals surface area contributed by atoms with Crippen LogP contribution in [-0.2, 0) is 0 Å². The lowest BCUT2D eigenvalue weighted by molar-refractivity contribution is 0.0695. The van der Waals surface area contributed by atoms with Crippen LogP contribution in [0.25, 0.3) is 10.9 Å². The number of hydrogen-bond acceptors (Lipinski definition) is 3. The Kier molecular flexibility index (Phi) is 3.22. The zero-order chi connectivity index (χ0) is 12.6. The molecule has 6 heteroatoms. The number of halogens is 2. The standard InChI is InChI=1S/C11H7BrClNO3/c1-17-7-3-2-6(13)8-9(12)5(11(15)16)4-14-10(7)8/h2-4H,1H3,(H,15,16). The lowest BCUT2D eigenvalue weighted by atomic mass is 10.1. The maximum atomic E-state index is 11.0. The Morgan fingerprint density at radius 3 is 2.82 bits per heavy atom. The van der Waals surface area contributed by atoms with Crippen molar-refractivity contribution in [2.75, 3.05) is 7.11 Å². The molecule has 17 heavy (non-hydrogen) atoms. The lowest BCUT2D eigenvalue weighted by Crippen LogP contribution is -2.00. The first-order chi connectivity index (χ1) is 8.06. The molecule has 0 saturated heterocycles. The molecule has 4 nitrogen and oxygen atoms in total. The summed E-state index contributed by atoms with van der Waals surface area (Å²) in [6.07, 6.45) is 1.27. The van der Waals surface area contributed by atoms with E-state index in [9.17, 15) is 4.79 Å². The summed E-state index contributed by atoms with van der Waals surface area (Å²) in [5.74, 6) is -0.521. The molecule has 88 valence electrons. The molecular weight excluding hydrogens is 309 g/mol.